The first-order valence-electron chi connectivity index (χ1n) is 11.5. The molecule has 0 aliphatic carbocycles. The van der Waals surface area contributed by atoms with Crippen LogP contribution in [0.5, 0.6) is 0 Å². The smallest absolute Gasteiger partial charge is 0.269 e. The minimum absolute atomic E-state index is 0.0533. The molecular formula is C25H32N4O3S. The summed E-state index contributed by atoms with van der Waals surface area (Å²) in [6.07, 6.45) is 2.19. The van der Waals surface area contributed by atoms with Crippen LogP contribution in [0.4, 0.5) is 11.4 Å². The second kappa shape index (κ2) is 9.73. The molecule has 2 heterocycles. The number of fused-ring (bicyclic) bond motifs is 1. The number of non-ortho nitro benzene ring substituents is 1. The van der Waals surface area contributed by atoms with Gasteiger partial charge >= 0.3 is 0 Å². The van der Waals surface area contributed by atoms with E-state index >= 15 is 0 Å². The third-order valence-electron chi connectivity index (χ3n) is 6.02. The first kappa shape index (κ1) is 23.6. The van der Waals surface area contributed by atoms with Crippen LogP contribution >= 0.6 is 11.9 Å². The SMILES string of the molecule is CCN(Sc1ccc([N+](=O)[O-])cc1)c1ccc2c(c1)nc(C(C)(C)C)n2CC1CCOCC1. The summed E-state index contributed by atoms with van der Waals surface area (Å²) in [5, 5.41) is 10.9. The number of hydrogen-bond acceptors (Lipinski definition) is 6. The summed E-state index contributed by atoms with van der Waals surface area (Å²) in [5.74, 6) is 1.73. The number of ether oxygens (including phenoxy) is 1. The number of benzene rings is 2. The maximum Gasteiger partial charge on any atom is 0.269 e. The van der Waals surface area contributed by atoms with Crippen molar-refractivity contribution in [3.63, 3.8) is 0 Å². The Kier molecular flexibility index (Phi) is 6.95. The Morgan fingerprint density at radius 2 is 1.88 bits per heavy atom. The van der Waals surface area contributed by atoms with Gasteiger partial charge in [0.15, 0.2) is 0 Å². The van der Waals surface area contributed by atoms with E-state index in [9.17, 15) is 10.1 Å². The number of nitrogens with zero attached hydrogens (tertiary/aromatic N) is 4. The standard InChI is InChI=1S/C25H32N4O3S/c1-5-28(33-21-9-6-19(7-10-21)29(30)31)20-8-11-23-22(16-20)26-24(25(2,3)4)27(23)17-18-12-14-32-15-13-18/h6-11,16,18H,5,12-15,17H2,1-4H3. The molecule has 1 saturated heterocycles. The molecule has 0 unspecified atom stereocenters. The van der Waals surface area contributed by atoms with Crippen LogP contribution in [0.1, 0.15) is 46.4 Å². The van der Waals surface area contributed by atoms with Crippen LogP contribution in [-0.4, -0.2) is 34.2 Å². The van der Waals surface area contributed by atoms with Gasteiger partial charge in [0.05, 0.1) is 16.0 Å². The average Bonchev–Trinajstić information content (AvgIpc) is 3.16. The summed E-state index contributed by atoms with van der Waals surface area (Å²) in [6.45, 7) is 12.2. The molecule has 0 N–H and O–H groups in total. The Morgan fingerprint density at radius 1 is 1.18 bits per heavy atom. The molecule has 1 aliphatic rings. The normalized spacial score (nSPS) is 15.2. The van der Waals surface area contributed by atoms with E-state index in [1.165, 1.54) is 5.52 Å². The van der Waals surface area contributed by atoms with Gasteiger partial charge in [-0.25, -0.2) is 4.98 Å². The van der Waals surface area contributed by atoms with Gasteiger partial charge in [0, 0.05) is 54.4 Å². The van der Waals surface area contributed by atoms with E-state index in [1.807, 2.05) is 0 Å². The van der Waals surface area contributed by atoms with Crippen LogP contribution in [-0.2, 0) is 16.7 Å². The van der Waals surface area contributed by atoms with E-state index in [0.717, 1.165) is 61.1 Å². The van der Waals surface area contributed by atoms with Crippen molar-refractivity contribution in [3.05, 3.63) is 58.4 Å². The van der Waals surface area contributed by atoms with Gasteiger partial charge in [-0.1, -0.05) is 20.8 Å². The van der Waals surface area contributed by atoms with E-state index in [-0.39, 0.29) is 16.0 Å². The maximum atomic E-state index is 10.9. The number of nitro benzene ring substituents is 1. The fourth-order valence-electron chi connectivity index (χ4n) is 4.27. The van der Waals surface area contributed by atoms with E-state index in [2.05, 4.69) is 54.8 Å². The number of hydrogen-bond donors (Lipinski definition) is 0. The van der Waals surface area contributed by atoms with Crippen molar-refractivity contribution >= 4 is 34.4 Å². The lowest BCUT2D eigenvalue weighted by molar-refractivity contribution is -0.384. The van der Waals surface area contributed by atoms with E-state index in [0.29, 0.717) is 5.92 Å². The molecule has 3 aromatic rings. The summed E-state index contributed by atoms with van der Waals surface area (Å²) in [7, 11) is 0. The van der Waals surface area contributed by atoms with E-state index in [4.69, 9.17) is 9.72 Å². The molecule has 1 aliphatic heterocycles. The zero-order valence-corrected chi connectivity index (χ0v) is 20.6. The molecule has 1 aromatic heterocycles. The van der Waals surface area contributed by atoms with Gasteiger partial charge in [-0.2, -0.15) is 0 Å². The molecule has 0 bridgehead atoms. The van der Waals surface area contributed by atoms with Gasteiger partial charge < -0.3 is 13.6 Å². The minimum Gasteiger partial charge on any atom is -0.381 e. The number of imidazole rings is 1. The van der Waals surface area contributed by atoms with Crippen LogP contribution in [0.25, 0.3) is 11.0 Å². The molecule has 2 aromatic carbocycles. The third-order valence-corrected chi connectivity index (χ3v) is 7.20. The summed E-state index contributed by atoms with van der Waals surface area (Å²) < 4.78 is 10.2. The largest absolute Gasteiger partial charge is 0.381 e. The highest BCUT2D eigenvalue weighted by Gasteiger charge is 2.26. The van der Waals surface area contributed by atoms with Crippen LogP contribution in [0.3, 0.4) is 0 Å². The lowest BCUT2D eigenvalue weighted by Gasteiger charge is -2.26. The maximum absolute atomic E-state index is 10.9. The van der Waals surface area contributed by atoms with Gasteiger partial charge in [0.2, 0.25) is 0 Å². The first-order valence-corrected chi connectivity index (χ1v) is 12.3. The highest BCUT2D eigenvalue weighted by molar-refractivity contribution is 8.00. The van der Waals surface area contributed by atoms with Gasteiger partial charge in [-0.05, 0) is 68.0 Å². The minimum atomic E-state index is -0.372. The summed E-state index contributed by atoms with van der Waals surface area (Å²) in [5.41, 5.74) is 3.30. The van der Waals surface area contributed by atoms with Crippen molar-refractivity contribution in [2.45, 2.75) is 57.4 Å². The van der Waals surface area contributed by atoms with Gasteiger partial charge in [-0.15, -0.1) is 0 Å². The predicted octanol–water partition coefficient (Wildman–Crippen LogP) is 6.20. The van der Waals surface area contributed by atoms with Crippen LogP contribution < -0.4 is 4.31 Å². The monoisotopic (exact) mass is 468 g/mol. The molecule has 0 amide bonds. The van der Waals surface area contributed by atoms with Crippen molar-refractivity contribution in [2.24, 2.45) is 5.92 Å². The molecule has 0 atom stereocenters. The average molecular weight is 469 g/mol. The summed E-state index contributed by atoms with van der Waals surface area (Å²) in [6, 6.07) is 13.2. The van der Waals surface area contributed by atoms with Crippen molar-refractivity contribution in [1.29, 1.82) is 0 Å². The van der Waals surface area contributed by atoms with Crippen molar-refractivity contribution < 1.29 is 9.66 Å². The molecule has 0 radical (unpaired) electrons. The molecule has 176 valence electrons. The molecule has 33 heavy (non-hydrogen) atoms. The number of anilines is 1. The van der Waals surface area contributed by atoms with Crippen molar-refractivity contribution in [2.75, 3.05) is 24.1 Å². The first-order chi connectivity index (χ1) is 15.8. The highest BCUT2D eigenvalue weighted by Crippen LogP contribution is 2.34. The fraction of sp³-hybridized carbons (Fsp3) is 0.480. The molecule has 4 rings (SSSR count). The zero-order chi connectivity index (χ0) is 23.6. The molecule has 1 fully saturated rings. The highest BCUT2D eigenvalue weighted by atomic mass is 32.2. The Morgan fingerprint density at radius 3 is 2.48 bits per heavy atom. The Balaban J connectivity index is 1.63. The van der Waals surface area contributed by atoms with Crippen LogP contribution in [0.15, 0.2) is 47.4 Å². The van der Waals surface area contributed by atoms with Gasteiger partial charge in [0.25, 0.3) is 5.69 Å². The second-order valence-corrected chi connectivity index (χ2v) is 10.7. The second-order valence-electron chi connectivity index (χ2n) is 9.56. The number of nitro groups is 1. The fourth-order valence-corrected chi connectivity index (χ4v) is 5.13. The van der Waals surface area contributed by atoms with Gasteiger partial charge in [0.1, 0.15) is 5.82 Å². The Bertz CT molecular complexity index is 1120. The van der Waals surface area contributed by atoms with E-state index < -0.39 is 0 Å². The summed E-state index contributed by atoms with van der Waals surface area (Å²) >= 11 is 1.58. The van der Waals surface area contributed by atoms with Crippen molar-refractivity contribution in [1.82, 2.24) is 9.55 Å². The molecule has 0 saturated carbocycles. The van der Waals surface area contributed by atoms with E-state index in [1.54, 1.807) is 36.2 Å². The summed E-state index contributed by atoms with van der Waals surface area (Å²) in [4.78, 5) is 16.6. The van der Waals surface area contributed by atoms with Crippen LogP contribution in [0.2, 0.25) is 0 Å². The number of aromatic nitrogens is 2. The van der Waals surface area contributed by atoms with Crippen LogP contribution in [0, 0.1) is 16.0 Å². The molecular weight excluding hydrogens is 436 g/mol. The Labute approximate surface area is 199 Å². The topological polar surface area (TPSA) is 73.4 Å². The molecule has 8 heteroatoms. The molecule has 7 nitrogen and oxygen atoms in total. The lowest BCUT2D eigenvalue weighted by Crippen LogP contribution is -2.25. The lowest BCUT2D eigenvalue weighted by atomic mass is 9.94. The third kappa shape index (κ3) is 5.33. The van der Waals surface area contributed by atoms with Crippen molar-refractivity contribution in [3.8, 4) is 0 Å². The van der Waals surface area contributed by atoms with Gasteiger partial charge in [-0.3, -0.25) is 10.1 Å². The molecule has 0 spiro atoms. The number of rotatable bonds is 7. The quantitative estimate of drug-likeness (QED) is 0.233. The zero-order valence-electron chi connectivity index (χ0n) is 19.8. The Hall–Kier alpha value is -2.58. The predicted molar refractivity (Wildman–Crippen MR) is 134 cm³/mol.